The average molecular weight is 406 g/mol. The summed E-state index contributed by atoms with van der Waals surface area (Å²) in [5, 5.41) is 5.36. The second kappa shape index (κ2) is 6.58. The monoisotopic (exact) mass is 406 g/mol. The van der Waals surface area contributed by atoms with Crippen molar-refractivity contribution in [3.63, 3.8) is 0 Å². The topological polar surface area (TPSA) is 26.3 Å². The van der Waals surface area contributed by atoms with Gasteiger partial charge >= 0.3 is 0 Å². The lowest BCUT2D eigenvalue weighted by Crippen LogP contribution is -2.10. The molecule has 0 fully saturated rings. The van der Waals surface area contributed by atoms with Gasteiger partial charge in [-0.2, -0.15) is 0 Å². The van der Waals surface area contributed by atoms with Crippen LogP contribution < -0.4 is 9.83 Å². The van der Waals surface area contributed by atoms with Crippen molar-refractivity contribution >= 4 is 34.2 Å². The van der Waals surface area contributed by atoms with Crippen LogP contribution in [0.15, 0.2) is 103 Å². The Labute approximate surface area is 175 Å². The van der Waals surface area contributed by atoms with E-state index < -0.39 is 7.37 Å². The summed E-state index contributed by atoms with van der Waals surface area (Å²) in [6.07, 6.45) is 0.375. The highest BCUT2D eigenvalue weighted by Crippen LogP contribution is 2.57. The normalized spacial score (nSPS) is 17.7. The van der Waals surface area contributed by atoms with Gasteiger partial charge in [-0.3, -0.25) is 4.57 Å². The Balaban J connectivity index is 1.76. The Kier molecular flexibility index (Phi) is 3.84. The molecule has 0 amide bonds. The highest BCUT2D eigenvalue weighted by Gasteiger charge is 2.34. The van der Waals surface area contributed by atoms with E-state index in [1.807, 2.05) is 42.5 Å². The van der Waals surface area contributed by atoms with E-state index in [1.165, 1.54) is 5.39 Å². The zero-order valence-electron chi connectivity index (χ0n) is 16.3. The standard InChI is InChI=1S/C27H19O2P/c28-30(22-10-2-1-3-11-22)18-21-15-14-19-8-4-6-12-23(19)26(21)27-24-13-7-5-9-20(24)16-17-25(27)29-30/h1-17H,18H2/t30-/m0/s1. The Morgan fingerprint density at radius 2 is 1.20 bits per heavy atom. The maximum Gasteiger partial charge on any atom is 0.281 e. The van der Waals surface area contributed by atoms with Crippen LogP contribution in [0, 0.1) is 0 Å². The number of hydrogen-bond donors (Lipinski definition) is 0. The molecule has 0 saturated heterocycles. The van der Waals surface area contributed by atoms with E-state index in [0.29, 0.717) is 11.9 Å². The van der Waals surface area contributed by atoms with Gasteiger partial charge in [0.05, 0.1) is 6.16 Å². The third kappa shape index (κ3) is 2.61. The van der Waals surface area contributed by atoms with Crippen molar-refractivity contribution in [1.82, 2.24) is 0 Å². The summed E-state index contributed by atoms with van der Waals surface area (Å²) in [7, 11) is -3.13. The smallest absolute Gasteiger partial charge is 0.281 e. The van der Waals surface area contributed by atoms with Gasteiger partial charge in [-0.1, -0.05) is 84.9 Å². The molecule has 3 heteroatoms. The number of hydrogen-bond acceptors (Lipinski definition) is 2. The first-order valence-electron chi connectivity index (χ1n) is 10.1. The Morgan fingerprint density at radius 3 is 1.93 bits per heavy atom. The molecule has 0 unspecified atom stereocenters. The quantitative estimate of drug-likeness (QED) is 0.276. The SMILES string of the molecule is O=[P@@]1(c2ccccc2)Cc2ccc3ccccc3c2-c2c(ccc3ccccc23)O1. The van der Waals surface area contributed by atoms with Crippen LogP contribution in [-0.4, -0.2) is 0 Å². The molecule has 6 rings (SSSR count). The van der Waals surface area contributed by atoms with E-state index in [0.717, 1.165) is 38.2 Å². The molecule has 1 aliphatic heterocycles. The number of benzene rings is 5. The minimum absolute atomic E-state index is 0.375. The summed E-state index contributed by atoms with van der Waals surface area (Å²) in [4.78, 5) is 0. The van der Waals surface area contributed by atoms with Gasteiger partial charge in [-0.05, 0) is 50.9 Å². The van der Waals surface area contributed by atoms with E-state index in [-0.39, 0.29) is 0 Å². The summed E-state index contributed by atoms with van der Waals surface area (Å²) in [6.45, 7) is 0. The van der Waals surface area contributed by atoms with Gasteiger partial charge < -0.3 is 4.52 Å². The van der Waals surface area contributed by atoms with Gasteiger partial charge in [0.2, 0.25) is 0 Å². The van der Waals surface area contributed by atoms with E-state index >= 15 is 0 Å². The highest BCUT2D eigenvalue weighted by atomic mass is 31.2. The largest absolute Gasteiger partial charge is 0.439 e. The van der Waals surface area contributed by atoms with Gasteiger partial charge in [0.25, 0.3) is 7.37 Å². The molecule has 2 nitrogen and oxygen atoms in total. The summed E-state index contributed by atoms with van der Waals surface area (Å²) < 4.78 is 20.7. The molecule has 0 aromatic heterocycles. The van der Waals surface area contributed by atoms with Crippen molar-refractivity contribution in [2.45, 2.75) is 6.16 Å². The Bertz CT molecular complexity index is 1380. The molecule has 5 aromatic rings. The molecule has 0 spiro atoms. The minimum Gasteiger partial charge on any atom is -0.439 e. The van der Waals surface area contributed by atoms with Gasteiger partial charge in [-0.15, -0.1) is 0 Å². The molecule has 1 heterocycles. The zero-order chi connectivity index (χ0) is 20.1. The first-order valence-corrected chi connectivity index (χ1v) is 11.9. The number of fused-ring (bicyclic) bond motifs is 7. The average Bonchev–Trinajstić information content (AvgIpc) is 2.94. The van der Waals surface area contributed by atoms with Crippen LogP contribution in [0.1, 0.15) is 5.56 Å². The molecule has 1 atom stereocenters. The van der Waals surface area contributed by atoms with E-state index in [2.05, 4.69) is 60.7 Å². The predicted molar refractivity (Wildman–Crippen MR) is 125 cm³/mol. The fourth-order valence-corrected chi connectivity index (χ4v) is 6.70. The predicted octanol–water partition coefficient (Wildman–Crippen LogP) is 7.16. The summed E-state index contributed by atoms with van der Waals surface area (Å²) in [6, 6.07) is 34.6. The van der Waals surface area contributed by atoms with E-state index in [4.69, 9.17) is 4.52 Å². The van der Waals surface area contributed by atoms with Crippen molar-refractivity contribution in [3.05, 3.63) is 109 Å². The molecule has 30 heavy (non-hydrogen) atoms. The molecule has 1 aliphatic rings. The van der Waals surface area contributed by atoms with Crippen LogP contribution in [0.25, 0.3) is 32.7 Å². The summed E-state index contributed by atoms with van der Waals surface area (Å²) >= 11 is 0. The minimum atomic E-state index is -3.13. The van der Waals surface area contributed by atoms with Crippen LogP contribution in [-0.2, 0) is 10.7 Å². The van der Waals surface area contributed by atoms with Crippen molar-refractivity contribution in [2.75, 3.05) is 0 Å². The fourth-order valence-electron chi connectivity index (χ4n) is 4.54. The van der Waals surface area contributed by atoms with Crippen LogP contribution in [0.4, 0.5) is 0 Å². The Morgan fingerprint density at radius 1 is 0.600 bits per heavy atom. The highest BCUT2D eigenvalue weighted by molar-refractivity contribution is 7.66. The number of rotatable bonds is 1. The maximum absolute atomic E-state index is 14.2. The maximum atomic E-state index is 14.2. The van der Waals surface area contributed by atoms with Crippen LogP contribution in [0.2, 0.25) is 0 Å². The lowest BCUT2D eigenvalue weighted by molar-refractivity contribution is 0.494. The molecule has 0 saturated carbocycles. The molecule has 0 radical (unpaired) electrons. The van der Waals surface area contributed by atoms with Crippen LogP contribution in [0.3, 0.4) is 0 Å². The molecular formula is C27H19O2P. The molecule has 144 valence electrons. The lowest BCUT2D eigenvalue weighted by Gasteiger charge is -2.19. The van der Waals surface area contributed by atoms with Gasteiger partial charge in [-0.25, -0.2) is 0 Å². The van der Waals surface area contributed by atoms with Crippen LogP contribution in [0.5, 0.6) is 5.75 Å². The second-order valence-electron chi connectivity index (χ2n) is 7.74. The van der Waals surface area contributed by atoms with Gasteiger partial charge in [0, 0.05) is 10.9 Å². The van der Waals surface area contributed by atoms with Crippen molar-refractivity contribution in [1.29, 1.82) is 0 Å². The molecule has 5 aromatic carbocycles. The summed E-state index contributed by atoms with van der Waals surface area (Å²) in [5.41, 5.74) is 3.23. The first kappa shape index (κ1) is 17.5. The van der Waals surface area contributed by atoms with Crippen molar-refractivity contribution in [2.24, 2.45) is 0 Å². The third-order valence-corrected chi connectivity index (χ3v) is 8.26. The third-order valence-electron chi connectivity index (χ3n) is 5.93. The lowest BCUT2D eigenvalue weighted by atomic mass is 9.90. The molecule has 0 aliphatic carbocycles. The zero-order valence-corrected chi connectivity index (χ0v) is 17.2. The summed E-state index contributed by atoms with van der Waals surface area (Å²) in [5.74, 6) is 0.691. The second-order valence-corrected chi connectivity index (χ2v) is 10.1. The molecular weight excluding hydrogens is 387 g/mol. The molecule has 0 bridgehead atoms. The van der Waals surface area contributed by atoms with E-state index in [9.17, 15) is 4.57 Å². The van der Waals surface area contributed by atoms with Gasteiger partial charge in [0.15, 0.2) is 0 Å². The first-order chi connectivity index (χ1) is 14.7. The van der Waals surface area contributed by atoms with Crippen molar-refractivity contribution in [3.8, 4) is 16.9 Å². The molecule has 0 N–H and O–H groups in total. The Hall–Kier alpha value is -3.35. The van der Waals surface area contributed by atoms with E-state index in [1.54, 1.807) is 0 Å². The van der Waals surface area contributed by atoms with Crippen LogP contribution >= 0.6 is 7.37 Å². The van der Waals surface area contributed by atoms with Gasteiger partial charge in [0.1, 0.15) is 5.75 Å². The van der Waals surface area contributed by atoms with Crippen molar-refractivity contribution < 1.29 is 9.09 Å². The fraction of sp³-hybridized carbons (Fsp3) is 0.0370.